The molecule has 0 fully saturated rings. The van der Waals surface area contributed by atoms with Gasteiger partial charge in [0, 0.05) is 43.3 Å². The van der Waals surface area contributed by atoms with Gasteiger partial charge in [-0.15, -0.1) is 0 Å². The van der Waals surface area contributed by atoms with Crippen LogP contribution in [0.2, 0.25) is 5.02 Å². The summed E-state index contributed by atoms with van der Waals surface area (Å²) in [6.45, 7) is 1.54. The number of benzene rings is 1. The zero-order valence-electron chi connectivity index (χ0n) is 16.7. The van der Waals surface area contributed by atoms with E-state index in [0.29, 0.717) is 18.0 Å². The number of rotatable bonds is 6. The first kappa shape index (κ1) is 22.0. The quantitative estimate of drug-likeness (QED) is 0.528. The highest BCUT2D eigenvalue weighted by molar-refractivity contribution is 7.90. The van der Waals surface area contributed by atoms with Crippen molar-refractivity contribution in [1.29, 1.82) is 0 Å². The molecule has 0 saturated carbocycles. The highest BCUT2D eigenvalue weighted by Gasteiger charge is 2.30. The predicted molar refractivity (Wildman–Crippen MR) is 110 cm³/mol. The number of ketones is 2. The zero-order valence-corrected chi connectivity index (χ0v) is 18.3. The first-order chi connectivity index (χ1) is 14.0. The molecule has 0 unspecified atom stereocenters. The summed E-state index contributed by atoms with van der Waals surface area (Å²) in [7, 11) is -2.01. The third kappa shape index (κ3) is 4.27. The number of hydrogen-bond acceptors (Lipinski definition) is 7. The van der Waals surface area contributed by atoms with Crippen LogP contribution >= 0.6 is 11.6 Å². The molecule has 8 nitrogen and oxygen atoms in total. The average molecular weight is 453 g/mol. The molecule has 0 spiro atoms. The maximum Gasteiger partial charge on any atom is 0.212 e. The van der Waals surface area contributed by atoms with Crippen molar-refractivity contribution in [2.75, 3.05) is 6.26 Å². The van der Waals surface area contributed by atoms with Gasteiger partial charge in [-0.3, -0.25) is 9.59 Å². The van der Waals surface area contributed by atoms with Crippen LogP contribution in [0.15, 0.2) is 34.4 Å². The summed E-state index contributed by atoms with van der Waals surface area (Å²) in [4.78, 5) is 25.1. The molecule has 0 amide bonds. The Bertz CT molecular complexity index is 1180. The lowest BCUT2D eigenvalue weighted by atomic mass is 9.90. The molecule has 2 aromatic rings. The van der Waals surface area contributed by atoms with Crippen molar-refractivity contribution >= 4 is 33.0 Å². The smallest absolute Gasteiger partial charge is 0.212 e. The fraction of sp³-hybridized carbons (Fsp3) is 0.350. The van der Waals surface area contributed by atoms with Gasteiger partial charge in [-0.25, -0.2) is 13.1 Å². The molecular weight excluding hydrogens is 432 g/mol. The number of aliphatic hydroxyl groups excluding tert-OH is 1. The zero-order chi connectivity index (χ0) is 22.2. The van der Waals surface area contributed by atoms with E-state index in [1.165, 1.54) is 16.8 Å². The summed E-state index contributed by atoms with van der Waals surface area (Å²) in [5.41, 5.74) is 0.432. The third-order valence-corrected chi connectivity index (χ3v) is 6.39. The summed E-state index contributed by atoms with van der Waals surface area (Å²) in [6.07, 6.45) is 1.87. The number of aryl methyl sites for hydroxylation is 2. The Morgan fingerprint density at radius 2 is 2.03 bits per heavy atom. The van der Waals surface area contributed by atoms with Gasteiger partial charge in [0.25, 0.3) is 0 Å². The monoisotopic (exact) mass is 452 g/mol. The van der Waals surface area contributed by atoms with E-state index in [1.54, 1.807) is 20.0 Å². The first-order valence-corrected chi connectivity index (χ1v) is 11.4. The fourth-order valence-corrected chi connectivity index (χ4v) is 4.63. The van der Waals surface area contributed by atoms with Crippen molar-refractivity contribution < 1.29 is 27.9 Å². The van der Waals surface area contributed by atoms with E-state index in [4.69, 9.17) is 16.3 Å². The Morgan fingerprint density at radius 1 is 1.33 bits per heavy atom. The number of aromatic nitrogens is 2. The van der Waals surface area contributed by atoms with Crippen molar-refractivity contribution in [1.82, 2.24) is 9.78 Å². The van der Waals surface area contributed by atoms with E-state index >= 15 is 0 Å². The molecule has 30 heavy (non-hydrogen) atoms. The van der Waals surface area contributed by atoms with Crippen molar-refractivity contribution in [2.45, 2.75) is 37.7 Å². The number of hydrogen-bond donors (Lipinski definition) is 1. The average Bonchev–Trinajstić information content (AvgIpc) is 2.96. The van der Waals surface area contributed by atoms with E-state index in [9.17, 15) is 23.1 Å². The van der Waals surface area contributed by atoms with Gasteiger partial charge in [0.2, 0.25) is 11.7 Å². The minimum absolute atomic E-state index is 0.0688. The minimum atomic E-state index is -3.68. The second-order valence-corrected chi connectivity index (χ2v) is 9.50. The number of carbonyl (C=O) groups is 2. The molecule has 0 aliphatic heterocycles. The molecule has 1 aliphatic rings. The Kier molecular flexibility index (Phi) is 6.05. The highest BCUT2D eigenvalue weighted by Crippen LogP contribution is 2.32. The van der Waals surface area contributed by atoms with Crippen LogP contribution in [0.1, 0.15) is 40.9 Å². The van der Waals surface area contributed by atoms with Gasteiger partial charge in [0.05, 0.1) is 15.6 Å². The van der Waals surface area contributed by atoms with Crippen LogP contribution in [0.25, 0.3) is 0 Å². The molecule has 0 atom stereocenters. The topological polar surface area (TPSA) is 116 Å². The van der Waals surface area contributed by atoms with Crippen LogP contribution < -0.4 is 4.74 Å². The summed E-state index contributed by atoms with van der Waals surface area (Å²) in [5.74, 6) is -1.08. The largest absolute Gasteiger partial charge is 0.511 e. The number of allylic oxidation sites excluding steroid dienone is 2. The molecule has 0 bridgehead atoms. The normalized spacial score (nSPS) is 14.9. The molecule has 1 N–H and O–H groups in total. The van der Waals surface area contributed by atoms with E-state index in [-0.39, 0.29) is 51.8 Å². The molecule has 0 saturated heterocycles. The number of nitrogens with zero attached hydrogens (tertiary/aromatic N) is 2. The standard InChI is InChI=1S/C20H21ClN2O6S/c1-11-9-17(23(2)22-11)29-10-13-16(30(3,27)28)8-7-12(19(13)21)20(26)18-14(24)5-4-6-15(18)25/h7-9,24H,4-6,10H2,1-3H3. The fourth-order valence-electron chi connectivity index (χ4n) is 3.35. The third-order valence-electron chi connectivity index (χ3n) is 4.78. The molecule has 1 heterocycles. The Hall–Kier alpha value is -2.65. The summed E-state index contributed by atoms with van der Waals surface area (Å²) in [5, 5.41) is 14.1. The van der Waals surface area contributed by atoms with Gasteiger partial charge >= 0.3 is 0 Å². The molecule has 0 radical (unpaired) electrons. The lowest BCUT2D eigenvalue weighted by Crippen LogP contribution is -2.20. The maximum absolute atomic E-state index is 13.0. The van der Waals surface area contributed by atoms with E-state index in [1.807, 2.05) is 0 Å². The van der Waals surface area contributed by atoms with Crippen LogP contribution in [0.4, 0.5) is 0 Å². The number of Topliss-reactive ketones (excluding diaryl/α,β-unsaturated/α-hetero) is 2. The van der Waals surface area contributed by atoms with Gasteiger partial charge in [-0.05, 0) is 25.5 Å². The highest BCUT2D eigenvalue weighted by atomic mass is 35.5. The Morgan fingerprint density at radius 3 is 2.60 bits per heavy atom. The van der Waals surface area contributed by atoms with E-state index < -0.39 is 21.4 Å². The second-order valence-electron chi connectivity index (χ2n) is 7.14. The lowest BCUT2D eigenvalue weighted by Gasteiger charge is -2.17. The van der Waals surface area contributed by atoms with Crippen LogP contribution in [0, 0.1) is 6.92 Å². The van der Waals surface area contributed by atoms with Crippen molar-refractivity contribution in [2.24, 2.45) is 7.05 Å². The molecule has 3 rings (SSSR count). The lowest BCUT2D eigenvalue weighted by molar-refractivity contribution is -0.116. The van der Waals surface area contributed by atoms with E-state index in [0.717, 1.165) is 6.26 Å². The van der Waals surface area contributed by atoms with Gasteiger partial charge in [0.1, 0.15) is 17.9 Å². The first-order valence-electron chi connectivity index (χ1n) is 9.15. The van der Waals surface area contributed by atoms with Gasteiger partial charge in [-0.2, -0.15) is 5.10 Å². The van der Waals surface area contributed by atoms with Gasteiger partial charge in [-0.1, -0.05) is 11.6 Å². The molecule has 160 valence electrons. The number of ether oxygens (including phenoxy) is 1. The second kappa shape index (κ2) is 8.23. The van der Waals surface area contributed by atoms with Crippen LogP contribution in [0.5, 0.6) is 5.88 Å². The van der Waals surface area contributed by atoms with Crippen molar-refractivity contribution in [3.8, 4) is 5.88 Å². The van der Waals surface area contributed by atoms with Gasteiger partial charge < -0.3 is 9.84 Å². The SMILES string of the molecule is Cc1cc(OCc2c(S(C)(=O)=O)ccc(C(=O)C3=C(O)CCCC3=O)c2Cl)n(C)n1. The summed E-state index contributed by atoms with van der Waals surface area (Å²) < 4.78 is 31.7. The Balaban J connectivity index is 2.07. The summed E-state index contributed by atoms with van der Waals surface area (Å²) >= 11 is 6.44. The van der Waals surface area contributed by atoms with Crippen LogP contribution in [0.3, 0.4) is 0 Å². The number of aliphatic hydroxyl groups is 1. The van der Waals surface area contributed by atoms with Crippen LogP contribution in [-0.2, 0) is 28.3 Å². The molecule has 1 aromatic heterocycles. The van der Waals surface area contributed by atoms with Crippen molar-refractivity contribution in [3.63, 3.8) is 0 Å². The van der Waals surface area contributed by atoms with E-state index in [2.05, 4.69) is 5.10 Å². The maximum atomic E-state index is 13.0. The van der Waals surface area contributed by atoms with Crippen molar-refractivity contribution in [3.05, 3.63) is 51.4 Å². The van der Waals surface area contributed by atoms with Crippen LogP contribution in [-0.4, -0.2) is 41.1 Å². The number of halogens is 1. The molecule has 10 heteroatoms. The summed E-state index contributed by atoms with van der Waals surface area (Å²) in [6, 6.07) is 4.18. The Labute approximate surface area is 179 Å². The number of carbonyl (C=O) groups excluding carboxylic acids is 2. The predicted octanol–water partition coefficient (Wildman–Crippen LogP) is 3.11. The molecule has 1 aromatic carbocycles. The minimum Gasteiger partial charge on any atom is -0.511 e. The number of sulfone groups is 1. The molecular formula is C20H21ClN2O6S. The molecule has 1 aliphatic carbocycles. The van der Waals surface area contributed by atoms with Gasteiger partial charge in [0.15, 0.2) is 15.6 Å².